The van der Waals surface area contributed by atoms with E-state index in [-0.39, 0.29) is 12.0 Å². The van der Waals surface area contributed by atoms with Crippen LogP contribution in [0.3, 0.4) is 0 Å². The molecule has 6 heteroatoms. The lowest BCUT2D eigenvalue weighted by molar-refractivity contribution is -0.143. The molecule has 1 aliphatic heterocycles. The maximum atomic E-state index is 12.5. The van der Waals surface area contributed by atoms with Gasteiger partial charge in [-0.1, -0.05) is 30.3 Å². The van der Waals surface area contributed by atoms with Crippen LogP contribution in [0.15, 0.2) is 48.9 Å². The number of aromatic nitrogens is 2. The molecule has 0 saturated carbocycles. The molecule has 2 atom stereocenters. The molecule has 3 rings (SSSR count). The van der Waals surface area contributed by atoms with E-state index in [4.69, 9.17) is 4.74 Å². The number of ether oxygens (including phenoxy) is 1. The van der Waals surface area contributed by atoms with E-state index < -0.39 is 6.10 Å². The molecule has 0 spiro atoms. The van der Waals surface area contributed by atoms with Crippen molar-refractivity contribution in [2.24, 2.45) is 0 Å². The van der Waals surface area contributed by atoms with Crippen molar-refractivity contribution < 1.29 is 14.6 Å². The predicted molar refractivity (Wildman–Crippen MR) is 83.7 cm³/mol. The number of hydrogen-bond donors (Lipinski definition) is 1. The Balaban J connectivity index is 1.63. The van der Waals surface area contributed by atoms with Gasteiger partial charge in [-0.3, -0.25) is 9.78 Å². The summed E-state index contributed by atoms with van der Waals surface area (Å²) < 4.78 is 5.77. The van der Waals surface area contributed by atoms with Crippen molar-refractivity contribution in [1.82, 2.24) is 14.9 Å². The Hall–Kier alpha value is -2.47. The van der Waals surface area contributed by atoms with Gasteiger partial charge in [-0.05, 0) is 18.4 Å². The molecule has 1 N–H and O–H groups in total. The highest BCUT2D eigenvalue weighted by Crippen LogP contribution is 2.21. The van der Waals surface area contributed by atoms with Crippen molar-refractivity contribution >= 4 is 5.91 Å². The van der Waals surface area contributed by atoms with E-state index in [9.17, 15) is 9.90 Å². The van der Waals surface area contributed by atoms with Crippen molar-refractivity contribution in [1.29, 1.82) is 0 Å². The van der Waals surface area contributed by atoms with Gasteiger partial charge in [-0.2, -0.15) is 0 Å². The van der Waals surface area contributed by atoms with E-state index >= 15 is 0 Å². The van der Waals surface area contributed by atoms with Gasteiger partial charge in [0, 0.05) is 18.9 Å². The lowest BCUT2D eigenvalue weighted by Crippen LogP contribution is -2.46. The Bertz CT molecular complexity index is 636. The number of hydrogen-bond acceptors (Lipinski definition) is 5. The molecule has 0 radical (unpaired) electrons. The van der Waals surface area contributed by atoms with Gasteiger partial charge in [0.25, 0.3) is 5.91 Å². The average molecular weight is 313 g/mol. The third kappa shape index (κ3) is 3.84. The monoisotopic (exact) mass is 313 g/mol. The molecule has 1 saturated heterocycles. The molecule has 0 bridgehead atoms. The smallest absolute Gasteiger partial charge is 0.256 e. The molecule has 1 amide bonds. The van der Waals surface area contributed by atoms with Crippen molar-refractivity contribution in [3.8, 4) is 5.88 Å². The fourth-order valence-electron chi connectivity index (χ4n) is 2.70. The normalized spacial score (nSPS) is 19.2. The molecule has 1 fully saturated rings. The first-order valence-corrected chi connectivity index (χ1v) is 7.68. The van der Waals surface area contributed by atoms with Crippen LogP contribution in [0.5, 0.6) is 5.88 Å². The molecule has 1 aliphatic rings. The van der Waals surface area contributed by atoms with Crippen molar-refractivity contribution in [2.75, 3.05) is 13.1 Å². The van der Waals surface area contributed by atoms with E-state index in [1.54, 1.807) is 35.6 Å². The number of benzene rings is 1. The van der Waals surface area contributed by atoms with Crippen molar-refractivity contribution in [3.63, 3.8) is 0 Å². The molecular weight excluding hydrogens is 294 g/mol. The van der Waals surface area contributed by atoms with Crippen LogP contribution < -0.4 is 4.74 Å². The first-order chi connectivity index (χ1) is 11.2. The second-order valence-electron chi connectivity index (χ2n) is 5.52. The number of piperidine rings is 1. The lowest BCUT2D eigenvalue weighted by Gasteiger charge is -2.33. The summed E-state index contributed by atoms with van der Waals surface area (Å²) >= 11 is 0. The summed E-state index contributed by atoms with van der Waals surface area (Å²) in [4.78, 5) is 22.2. The second kappa shape index (κ2) is 7.19. The maximum absolute atomic E-state index is 12.5. The van der Waals surface area contributed by atoms with Gasteiger partial charge in [-0.25, -0.2) is 4.98 Å². The van der Waals surface area contributed by atoms with Gasteiger partial charge in [0.2, 0.25) is 5.88 Å². The standard InChI is InChI=1S/C17H19N3O3/c21-16(13-5-2-1-3-6-13)17(22)20-10-4-7-14(12-20)23-15-11-18-8-9-19-15/h1-3,5-6,8-9,11,14,16,21H,4,7,10,12H2/t14-,16-/m0/s1. The van der Waals surface area contributed by atoms with Gasteiger partial charge in [0.05, 0.1) is 12.7 Å². The summed E-state index contributed by atoms with van der Waals surface area (Å²) in [5.74, 6) is 0.166. The van der Waals surface area contributed by atoms with E-state index in [1.807, 2.05) is 18.2 Å². The van der Waals surface area contributed by atoms with Crippen LogP contribution in [0, 0.1) is 0 Å². The fraction of sp³-hybridized carbons (Fsp3) is 0.353. The van der Waals surface area contributed by atoms with Crippen LogP contribution in [-0.4, -0.2) is 45.1 Å². The van der Waals surface area contributed by atoms with Gasteiger partial charge in [0.15, 0.2) is 6.10 Å². The lowest BCUT2D eigenvalue weighted by atomic mass is 10.0. The summed E-state index contributed by atoms with van der Waals surface area (Å²) in [7, 11) is 0. The summed E-state index contributed by atoms with van der Waals surface area (Å²) in [5, 5.41) is 10.3. The molecule has 6 nitrogen and oxygen atoms in total. The molecule has 2 heterocycles. The van der Waals surface area contributed by atoms with Gasteiger partial charge >= 0.3 is 0 Å². The Morgan fingerprint density at radius 1 is 1.30 bits per heavy atom. The molecule has 0 unspecified atom stereocenters. The van der Waals surface area contributed by atoms with Crippen LogP contribution in [0.2, 0.25) is 0 Å². The summed E-state index contributed by atoms with van der Waals surface area (Å²) in [5.41, 5.74) is 0.606. The number of aliphatic hydroxyl groups is 1. The van der Waals surface area contributed by atoms with E-state index in [0.29, 0.717) is 24.5 Å². The number of amides is 1. The Labute approximate surface area is 134 Å². The number of aliphatic hydroxyl groups excluding tert-OH is 1. The largest absolute Gasteiger partial charge is 0.471 e. The van der Waals surface area contributed by atoms with Crippen LogP contribution in [0.1, 0.15) is 24.5 Å². The molecule has 23 heavy (non-hydrogen) atoms. The Morgan fingerprint density at radius 3 is 2.87 bits per heavy atom. The zero-order chi connectivity index (χ0) is 16.1. The highest BCUT2D eigenvalue weighted by Gasteiger charge is 2.29. The first kappa shape index (κ1) is 15.4. The minimum atomic E-state index is -1.13. The molecule has 0 aliphatic carbocycles. The van der Waals surface area contributed by atoms with E-state index in [2.05, 4.69) is 9.97 Å². The molecular formula is C17H19N3O3. The average Bonchev–Trinajstić information content (AvgIpc) is 2.62. The predicted octanol–water partition coefficient (Wildman–Crippen LogP) is 1.58. The zero-order valence-electron chi connectivity index (χ0n) is 12.7. The number of likely N-dealkylation sites (tertiary alicyclic amines) is 1. The Morgan fingerprint density at radius 2 is 2.13 bits per heavy atom. The summed E-state index contributed by atoms with van der Waals surface area (Å²) in [6, 6.07) is 8.97. The molecule has 1 aromatic carbocycles. The van der Waals surface area contributed by atoms with Crippen LogP contribution in [-0.2, 0) is 4.79 Å². The van der Waals surface area contributed by atoms with E-state index in [1.165, 1.54) is 0 Å². The minimum Gasteiger partial charge on any atom is -0.471 e. The van der Waals surface area contributed by atoms with Crippen LogP contribution >= 0.6 is 0 Å². The number of carbonyl (C=O) groups excluding carboxylic acids is 1. The number of carbonyl (C=O) groups is 1. The summed E-state index contributed by atoms with van der Waals surface area (Å²) in [6.07, 6.45) is 5.12. The van der Waals surface area contributed by atoms with E-state index in [0.717, 1.165) is 12.8 Å². The quantitative estimate of drug-likeness (QED) is 0.927. The number of nitrogens with zero attached hydrogens (tertiary/aromatic N) is 3. The topological polar surface area (TPSA) is 75.5 Å². The van der Waals surface area contributed by atoms with Crippen molar-refractivity contribution in [2.45, 2.75) is 25.0 Å². The van der Waals surface area contributed by atoms with Crippen LogP contribution in [0.4, 0.5) is 0 Å². The SMILES string of the molecule is O=C([C@@H](O)c1ccccc1)N1CCC[C@H](Oc2cnccn2)C1. The molecule has 1 aromatic heterocycles. The highest BCUT2D eigenvalue weighted by atomic mass is 16.5. The Kier molecular flexibility index (Phi) is 4.83. The fourth-order valence-corrected chi connectivity index (χ4v) is 2.70. The second-order valence-corrected chi connectivity index (χ2v) is 5.52. The number of rotatable bonds is 4. The highest BCUT2D eigenvalue weighted by molar-refractivity contribution is 5.82. The molecule has 120 valence electrons. The maximum Gasteiger partial charge on any atom is 0.256 e. The van der Waals surface area contributed by atoms with Gasteiger partial charge in [-0.15, -0.1) is 0 Å². The minimum absolute atomic E-state index is 0.132. The van der Waals surface area contributed by atoms with Gasteiger partial charge in [0.1, 0.15) is 6.10 Å². The van der Waals surface area contributed by atoms with Crippen molar-refractivity contribution in [3.05, 3.63) is 54.5 Å². The first-order valence-electron chi connectivity index (χ1n) is 7.68. The summed E-state index contributed by atoms with van der Waals surface area (Å²) in [6.45, 7) is 1.07. The van der Waals surface area contributed by atoms with Crippen LogP contribution in [0.25, 0.3) is 0 Å². The van der Waals surface area contributed by atoms with Gasteiger partial charge < -0.3 is 14.7 Å². The molecule has 2 aromatic rings. The third-order valence-corrected chi connectivity index (χ3v) is 3.87. The third-order valence-electron chi connectivity index (χ3n) is 3.87. The zero-order valence-corrected chi connectivity index (χ0v) is 12.7.